The molecule has 0 aliphatic heterocycles. The topological polar surface area (TPSA) is 47.6 Å². The number of ether oxygens (including phenoxy) is 2. The summed E-state index contributed by atoms with van der Waals surface area (Å²) in [4.78, 5) is 11.7. The normalized spacial score (nSPS) is 11.0. The molecule has 0 saturated carbocycles. The molecule has 0 unspecified atom stereocenters. The summed E-state index contributed by atoms with van der Waals surface area (Å²) in [6.45, 7) is 10.3. The Kier molecular flexibility index (Phi) is 5.50. The Morgan fingerprint density at radius 3 is 2.29 bits per heavy atom. The van der Waals surface area contributed by atoms with Gasteiger partial charge in [0.05, 0.1) is 12.2 Å². The van der Waals surface area contributed by atoms with Crippen LogP contribution in [0.15, 0.2) is 42.5 Å². The molecule has 2 aromatic carbocycles. The van der Waals surface area contributed by atoms with E-state index in [0.717, 1.165) is 22.7 Å². The Morgan fingerprint density at radius 1 is 1.08 bits per heavy atom. The zero-order valence-corrected chi connectivity index (χ0v) is 15.0. The Labute approximate surface area is 143 Å². The molecule has 2 rings (SSSR count). The van der Waals surface area contributed by atoms with Crippen LogP contribution in [0.5, 0.6) is 5.75 Å². The number of rotatable bonds is 5. The summed E-state index contributed by atoms with van der Waals surface area (Å²) in [6.07, 6.45) is 0. The molecule has 24 heavy (non-hydrogen) atoms. The van der Waals surface area contributed by atoms with Crippen LogP contribution in [0.25, 0.3) is 0 Å². The number of nitrogens with one attached hydrogen (secondary N) is 1. The predicted octanol–water partition coefficient (Wildman–Crippen LogP) is 5.09. The van der Waals surface area contributed by atoms with Crippen molar-refractivity contribution in [1.29, 1.82) is 0 Å². The van der Waals surface area contributed by atoms with Gasteiger partial charge in [0.2, 0.25) is 0 Å². The average Bonchev–Trinajstić information content (AvgIpc) is 2.49. The largest absolute Gasteiger partial charge is 0.488 e. The van der Waals surface area contributed by atoms with Crippen molar-refractivity contribution < 1.29 is 14.3 Å². The van der Waals surface area contributed by atoms with Crippen LogP contribution in [-0.4, -0.2) is 18.2 Å². The van der Waals surface area contributed by atoms with Crippen molar-refractivity contribution in [3.8, 4) is 5.75 Å². The summed E-state index contributed by atoms with van der Waals surface area (Å²) < 4.78 is 10.9. The number of anilines is 2. The lowest BCUT2D eigenvalue weighted by atomic mass is 10.1. The second-order valence-electron chi connectivity index (χ2n) is 6.61. The van der Waals surface area contributed by atoms with Crippen LogP contribution in [0.2, 0.25) is 0 Å². The van der Waals surface area contributed by atoms with Crippen molar-refractivity contribution >= 4 is 17.3 Å². The van der Waals surface area contributed by atoms with Gasteiger partial charge in [-0.05, 0) is 82.6 Å². The maximum absolute atomic E-state index is 11.7. The van der Waals surface area contributed by atoms with E-state index in [1.165, 1.54) is 0 Å². The van der Waals surface area contributed by atoms with Gasteiger partial charge in [-0.15, -0.1) is 0 Å². The smallest absolute Gasteiger partial charge is 0.338 e. The second kappa shape index (κ2) is 7.39. The first-order chi connectivity index (χ1) is 11.3. The van der Waals surface area contributed by atoms with E-state index in [1.807, 2.05) is 58.0 Å². The predicted molar refractivity (Wildman–Crippen MR) is 97.2 cm³/mol. The third kappa shape index (κ3) is 5.01. The minimum absolute atomic E-state index is 0.218. The molecule has 0 spiro atoms. The van der Waals surface area contributed by atoms with Gasteiger partial charge in [0.1, 0.15) is 11.4 Å². The molecule has 0 fully saturated rings. The van der Waals surface area contributed by atoms with Gasteiger partial charge in [0, 0.05) is 11.4 Å². The van der Waals surface area contributed by atoms with Crippen molar-refractivity contribution in [2.45, 2.75) is 40.2 Å². The first kappa shape index (κ1) is 17.9. The monoisotopic (exact) mass is 327 g/mol. The van der Waals surface area contributed by atoms with Gasteiger partial charge < -0.3 is 14.8 Å². The van der Waals surface area contributed by atoms with E-state index in [-0.39, 0.29) is 11.6 Å². The zero-order chi connectivity index (χ0) is 17.7. The van der Waals surface area contributed by atoms with E-state index >= 15 is 0 Å². The van der Waals surface area contributed by atoms with Gasteiger partial charge in [-0.1, -0.05) is 0 Å². The average molecular weight is 327 g/mol. The van der Waals surface area contributed by atoms with E-state index in [1.54, 1.807) is 19.1 Å². The second-order valence-corrected chi connectivity index (χ2v) is 6.61. The van der Waals surface area contributed by atoms with E-state index in [4.69, 9.17) is 9.47 Å². The minimum Gasteiger partial charge on any atom is -0.488 e. The van der Waals surface area contributed by atoms with Gasteiger partial charge in [0.15, 0.2) is 0 Å². The number of hydrogen-bond acceptors (Lipinski definition) is 4. The lowest BCUT2D eigenvalue weighted by Gasteiger charge is -2.22. The van der Waals surface area contributed by atoms with E-state index in [0.29, 0.717) is 12.2 Å². The van der Waals surface area contributed by atoms with Crippen LogP contribution < -0.4 is 10.1 Å². The molecule has 4 heteroatoms. The molecule has 0 aromatic heterocycles. The number of benzene rings is 2. The van der Waals surface area contributed by atoms with E-state index in [9.17, 15) is 4.79 Å². The highest BCUT2D eigenvalue weighted by Crippen LogP contribution is 2.27. The fourth-order valence-electron chi connectivity index (χ4n) is 2.25. The molecule has 128 valence electrons. The molecule has 0 aliphatic carbocycles. The molecule has 0 atom stereocenters. The number of carbonyl (C=O) groups is 1. The molecule has 2 aromatic rings. The third-order valence-electron chi connectivity index (χ3n) is 3.30. The number of aryl methyl sites for hydroxylation is 1. The molecule has 1 N–H and O–H groups in total. The first-order valence-electron chi connectivity index (χ1n) is 8.12. The highest BCUT2D eigenvalue weighted by molar-refractivity contribution is 5.89. The molecule has 0 radical (unpaired) electrons. The maximum Gasteiger partial charge on any atom is 0.338 e. The highest BCUT2D eigenvalue weighted by atomic mass is 16.5. The molecule has 0 heterocycles. The molecule has 0 aliphatic rings. The first-order valence-corrected chi connectivity index (χ1v) is 8.12. The summed E-state index contributed by atoms with van der Waals surface area (Å²) >= 11 is 0. The van der Waals surface area contributed by atoms with Crippen molar-refractivity contribution in [2.75, 3.05) is 11.9 Å². The quantitative estimate of drug-likeness (QED) is 0.777. The SMILES string of the molecule is CCOC(=O)c1ccc(Nc2ccc(OC(C)(C)C)cc2C)cc1. The molecule has 0 amide bonds. The van der Waals surface area contributed by atoms with Crippen molar-refractivity contribution in [1.82, 2.24) is 0 Å². The van der Waals surface area contributed by atoms with Crippen LogP contribution in [-0.2, 0) is 4.74 Å². The van der Waals surface area contributed by atoms with Gasteiger partial charge in [-0.25, -0.2) is 4.79 Å². The number of esters is 1. The molecule has 4 nitrogen and oxygen atoms in total. The third-order valence-corrected chi connectivity index (χ3v) is 3.30. The molecule has 0 saturated heterocycles. The molecule has 0 bridgehead atoms. The Balaban J connectivity index is 2.09. The summed E-state index contributed by atoms with van der Waals surface area (Å²) in [5, 5.41) is 3.35. The number of hydrogen-bond donors (Lipinski definition) is 1. The van der Waals surface area contributed by atoms with Crippen LogP contribution in [0.3, 0.4) is 0 Å². The van der Waals surface area contributed by atoms with Crippen LogP contribution in [0.4, 0.5) is 11.4 Å². The lowest BCUT2D eigenvalue weighted by Crippen LogP contribution is -2.22. The van der Waals surface area contributed by atoms with Crippen molar-refractivity contribution in [3.63, 3.8) is 0 Å². The standard InChI is InChI=1S/C20H25NO3/c1-6-23-19(22)15-7-9-16(10-8-15)21-18-12-11-17(13-14(18)2)24-20(3,4)5/h7-13,21H,6H2,1-5H3. The van der Waals surface area contributed by atoms with Crippen molar-refractivity contribution in [3.05, 3.63) is 53.6 Å². The van der Waals surface area contributed by atoms with E-state index in [2.05, 4.69) is 5.32 Å². The Bertz CT molecular complexity index is 700. The Morgan fingerprint density at radius 2 is 1.75 bits per heavy atom. The maximum atomic E-state index is 11.7. The highest BCUT2D eigenvalue weighted by Gasteiger charge is 2.12. The van der Waals surface area contributed by atoms with Gasteiger partial charge in [-0.3, -0.25) is 0 Å². The molecular formula is C20H25NO3. The molecular weight excluding hydrogens is 302 g/mol. The Hall–Kier alpha value is -2.49. The summed E-state index contributed by atoms with van der Waals surface area (Å²) in [6, 6.07) is 13.2. The van der Waals surface area contributed by atoms with Crippen LogP contribution in [0, 0.1) is 6.92 Å². The summed E-state index contributed by atoms with van der Waals surface area (Å²) in [7, 11) is 0. The summed E-state index contributed by atoms with van der Waals surface area (Å²) in [5.41, 5.74) is 3.33. The van der Waals surface area contributed by atoms with E-state index < -0.39 is 0 Å². The zero-order valence-electron chi connectivity index (χ0n) is 15.0. The lowest BCUT2D eigenvalue weighted by molar-refractivity contribution is 0.0526. The minimum atomic E-state index is -0.302. The fourth-order valence-corrected chi connectivity index (χ4v) is 2.25. The van der Waals surface area contributed by atoms with Gasteiger partial charge in [0.25, 0.3) is 0 Å². The summed E-state index contributed by atoms with van der Waals surface area (Å²) in [5.74, 6) is 0.548. The van der Waals surface area contributed by atoms with Crippen LogP contribution >= 0.6 is 0 Å². The number of carbonyl (C=O) groups excluding carboxylic acids is 1. The fraction of sp³-hybridized carbons (Fsp3) is 0.350. The van der Waals surface area contributed by atoms with Gasteiger partial charge >= 0.3 is 5.97 Å². The van der Waals surface area contributed by atoms with Gasteiger partial charge in [-0.2, -0.15) is 0 Å². The van der Waals surface area contributed by atoms with Crippen molar-refractivity contribution in [2.24, 2.45) is 0 Å². The van der Waals surface area contributed by atoms with Crippen LogP contribution in [0.1, 0.15) is 43.6 Å².